The number of thiazole rings is 1. The molecule has 0 bridgehead atoms. The first kappa shape index (κ1) is 15.4. The lowest BCUT2D eigenvalue weighted by Crippen LogP contribution is -2.25. The van der Waals surface area contributed by atoms with Crippen molar-refractivity contribution >= 4 is 37.5 Å². The van der Waals surface area contributed by atoms with Crippen LogP contribution >= 0.6 is 11.3 Å². The maximum absolute atomic E-state index is 11.4. The maximum atomic E-state index is 11.4. The Hall–Kier alpha value is -1.51. The number of aliphatic carboxylic acids is 1. The molecule has 1 heterocycles. The molecular formula is C14H16N2O4S2. The molecule has 0 unspecified atom stereocenters. The van der Waals surface area contributed by atoms with Crippen molar-refractivity contribution in [2.24, 2.45) is 5.14 Å². The predicted molar refractivity (Wildman–Crippen MR) is 83.4 cm³/mol. The van der Waals surface area contributed by atoms with Crippen molar-refractivity contribution < 1.29 is 18.3 Å². The summed E-state index contributed by atoms with van der Waals surface area (Å²) < 4.78 is 23.4. The second-order valence-corrected chi connectivity index (χ2v) is 8.53. The summed E-state index contributed by atoms with van der Waals surface area (Å²) in [6.07, 6.45) is 3.80. The van der Waals surface area contributed by atoms with E-state index in [9.17, 15) is 18.3 Å². The summed E-state index contributed by atoms with van der Waals surface area (Å²) in [5, 5.41) is 14.3. The van der Waals surface area contributed by atoms with Crippen molar-refractivity contribution in [1.82, 2.24) is 4.98 Å². The van der Waals surface area contributed by atoms with E-state index in [4.69, 9.17) is 5.14 Å². The highest BCUT2D eigenvalue weighted by molar-refractivity contribution is 7.91. The van der Waals surface area contributed by atoms with Gasteiger partial charge in [0, 0.05) is 5.41 Å². The number of benzene rings is 1. The summed E-state index contributed by atoms with van der Waals surface area (Å²) >= 11 is 1.02. The minimum absolute atomic E-state index is 0.0966. The fourth-order valence-corrected chi connectivity index (χ4v) is 4.96. The Labute approximate surface area is 132 Å². The van der Waals surface area contributed by atoms with Gasteiger partial charge >= 0.3 is 5.97 Å². The summed E-state index contributed by atoms with van der Waals surface area (Å²) in [7, 11) is -3.82. The predicted octanol–water partition coefficient (Wildman–Crippen LogP) is 2.23. The molecule has 1 aliphatic carbocycles. The topological polar surface area (TPSA) is 110 Å². The molecule has 6 nitrogen and oxygen atoms in total. The number of carboxylic acids is 1. The summed E-state index contributed by atoms with van der Waals surface area (Å²) in [4.78, 5) is 15.3. The molecule has 0 radical (unpaired) electrons. The monoisotopic (exact) mass is 340 g/mol. The Kier molecular flexibility index (Phi) is 3.70. The highest BCUT2D eigenvalue weighted by Crippen LogP contribution is 2.45. The SMILES string of the molecule is NS(=O)(=O)c1nc2ccc(C3(CC(=O)O)CCCC3)cc2s1. The van der Waals surface area contributed by atoms with E-state index in [1.165, 1.54) is 0 Å². The van der Waals surface area contributed by atoms with E-state index >= 15 is 0 Å². The standard InChI is InChI=1S/C14H16N2O4S2/c15-22(19,20)13-16-10-4-3-9(7-11(10)21-13)14(8-12(17)18)5-1-2-6-14/h3-4,7H,1-2,5-6,8H2,(H,17,18)(H2,15,19,20). The van der Waals surface area contributed by atoms with Crippen LogP contribution in [0.1, 0.15) is 37.7 Å². The normalized spacial score (nSPS) is 17.9. The van der Waals surface area contributed by atoms with Gasteiger partial charge in [0.15, 0.2) is 0 Å². The van der Waals surface area contributed by atoms with Gasteiger partial charge in [-0.15, -0.1) is 11.3 Å². The quantitative estimate of drug-likeness (QED) is 0.886. The van der Waals surface area contributed by atoms with Crippen LogP contribution < -0.4 is 5.14 Å². The number of hydrogen-bond acceptors (Lipinski definition) is 5. The van der Waals surface area contributed by atoms with Crippen LogP contribution in [0, 0.1) is 0 Å². The molecule has 8 heteroatoms. The van der Waals surface area contributed by atoms with Gasteiger partial charge in [0.1, 0.15) is 0 Å². The van der Waals surface area contributed by atoms with Crippen molar-refractivity contribution in [3.63, 3.8) is 0 Å². The Morgan fingerprint density at radius 2 is 2.05 bits per heavy atom. The van der Waals surface area contributed by atoms with Crippen LogP contribution in [0.15, 0.2) is 22.5 Å². The third kappa shape index (κ3) is 2.73. The number of carbonyl (C=O) groups is 1. The number of rotatable bonds is 4. The second kappa shape index (κ2) is 5.29. The number of hydrogen-bond donors (Lipinski definition) is 2. The van der Waals surface area contributed by atoms with Crippen molar-refractivity contribution in [2.75, 3.05) is 0 Å². The van der Waals surface area contributed by atoms with Crippen molar-refractivity contribution in [2.45, 2.75) is 41.9 Å². The molecule has 3 rings (SSSR count). The Balaban J connectivity index is 2.09. The number of sulfonamides is 1. The molecule has 0 saturated heterocycles. The van der Waals surface area contributed by atoms with Crippen LogP contribution in [0.4, 0.5) is 0 Å². The molecule has 0 amide bonds. The zero-order valence-corrected chi connectivity index (χ0v) is 13.4. The van der Waals surface area contributed by atoms with Gasteiger partial charge in [-0.05, 0) is 30.5 Å². The minimum atomic E-state index is -3.82. The van der Waals surface area contributed by atoms with Crippen LogP contribution in [-0.4, -0.2) is 24.5 Å². The number of primary sulfonamides is 1. The molecule has 22 heavy (non-hydrogen) atoms. The van der Waals surface area contributed by atoms with E-state index in [2.05, 4.69) is 4.98 Å². The fraction of sp³-hybridized carbons (Fsp3) is 0.429. The van der Waals surface area contributed by atoms with Gasteiger partial charge in [0.25, 0.3) is 10.0 Å². The Morgan fingerprint density at radius 3 is 2.64 bits per heavy atom. The first-order valence-electron chi connectivity index (χ1n) is 6.96. The highest BCUT2D eigenvalue weighted by atomic mass is 32.2. The van der Waals surface area contributed by atoms with Gasteiger partial charge in [-0.3, -0.25) is 4.79 Å². The van der Waals surface area contributed by atoms with Gasteiger partial charge in [-0.25, -0.2) is 18.5 Å². The van der Waals surface area contributed by atoms with Crippen molar-refractivity contribution in [1.29, 1.82) is 0 Å². The molecule has 118 valence electrons. The summed E-state index contributed by atoms with van der Waals surface area (Å²) in [5.74, 6) is -0.809. The lowest BCUT2D eigenvalue weighted by Gasteiger charge is -2.27. The van der Waals surface area contributed by atoms with Crippen molar-refractivity contribution in [3.05, 3.63) is 23.8 Å². The number of nitrogens with zero attached hydrogens (tertiary/aromatic N) is 1. The van der Waals surface area contributed by atoms with Gasteiger partial charge in [0.2, 0.25) is 4.34 Å². The first-order chi connectivity index (χ1) is 10.3. The van der Waals surface area contributed by atoms with E-state index in [0.717, 1.165) is 47.3 Å². The molecule has 1 aromatic carbocycles. The smallest absolute Gasteiger partial charge is 0.304 e. The van der Waals surface area contributed by atoms with Crippen LogP contribution in [0.3, 0.4) is 0 Å². The summed E-state index contributed by atoms with van der Waals surface area (Å²) in [5.41, 5.74) is 1.16. The average molecular weight is 340 g/mol. The molecule has 2 aromatic rings. The van der Waals surface area contributed by atoms with Crippen LogP contribution in [0.5, 0.6) is 0 Å². The molecule has 1 aromatic heterocycles. The Morgan fingerprint density at radius 1 is 1.36 bits per heavy atom. The second-order valence-electron chi connectivity index (χ2n) is 5.77. The fourth-order valence-electron chi connectivity index (χ4n) is 3.26. The summed E-state index contributed by atoms with van der Waals surface area (Å²) in [6.45, 7) is 0. The molecular weight excluding hydrogens is 324 g/mol. The van der Waals surface area contributed by atoms with E-state index in [-0.39, 0.29) is 16.2 Å². The third-order valence-corrected chi connectivity index (χ3v) is 6.61. The van der Waals surface area contributed by atoms with E-state index < -0.39 is 16.0 Å². The van der Waals surface area contributed by atoms with E-state index in [1.807, 2.05) is 12.1 Å². The Bertz CT molecular complexity index is 836. The van der Waals surface area contributed by atoms with E-state index in [1.54, 1.807) is 6.07 Å². The third-order valence-electron chi connectivity index (χ3n) is 4.27. The summed E-state index contributed by atoms with van der Waals surface area (Å²) in [6, 6.07) is 5.48. The van der Waals surface area contributed by atoms with Crippen LogP contribution in [-0.2, 0) is 20.2 Å². The molecule has 1 fully saturated rings. The largest absolute Gasteiger partial charge is 0.481 e. The van der Waals surface area contributed by atoms with Gasteiger partial charge in [-0.1, -0.05) is 18.9 Å². The molecule has 1 saturated carbocycles. The molecule has 0 spiro atoms. The van der Waals surface area contributed by atoms with Crippen LogP contribution in [0.2, 0.25) is 0 Å². The number of carboxylic acid groups (broad SMARTS) is 1. The average Bonchev–Trinajstić information content (AvgIpc) is 3.03. The van der Waals surface area contributed by atoms with Gasteiger partial charge in [-0.2, -0.15) is 0 Å². The zero-order valence-electron chi connectivity index (χ0n) is 11.8. The lowest BCUT2D eigenvalue weighted by atomic mass is 9.76. The number of aromatic nitrogens is 1. The van der Waals surface area contributed by atoms with Gasteiger partial charge in [0.05, 0.1) is 16.6 Å². The molecule has 0 atom stereocenters. The molecule has 3 N–H and O–H groups in total. The number of fused-ring (bicyclic) bond motifs is 1. The first-order valence-corrected chi connectivity index (χ1v) is 9.32. The molecule has 0 aliphatic heterocycles. The highest BCUT2D eigenvalue weighted by Gasteiger charge is 2.38. The van der Waals surface area contributed by atoms with Gasteiger partial charge < -0.3 is 5.11 Å². The maximum Gasteiger partial charge on any atom is 0.304 e. The van der Waals surface area contributed by atoms with E-state index in [0.29, 0.717) is 5.52 Å². The minimum Gasteiger partial charge on any atom is -0.481 e. The van der Waals surface area contributed by atoms with Crippen LogP contribution in [0.25, 0.3) is 10.2 Å². The lowest BCUT2D eigenvalue weighted by molar-refractivity contribution is -0.138. The molecule has 1 aliphatic rings. The van der Waals surface area contributed by atoms with Crippen molar-refractivity contribution in [3.8, 4) is 0 Å². The number of nitrogens with two attached hydrogens (primary N) is 1. The zero-order chi connectivity index (χ0) is 16.0.